The third kappa shape index (κ3) is 62.1. The van der Waals surface area contributed by atoms with Gasteiger partial charge in [0.2, 0.25) is 0 Å². The van der Waals surface area contributed by atoms with E-state index in [1.807, 2.05) is 0 Å². The number of unbranched alkanes of at least 4 members (excludes halogenated alkanes) is 42. The molecule has 438 valence electrons. The standard InChI is InChI=1S/C69H126O6/c1-4-7-10-13-16-19-22-25-28-31-33-34-36-39-41-44-47-50-53-56-59-62-68(71)74-65-66(75-69(72)63-60-57-54-51-48-45-42-37-30-27-24-21-18-15-12-9-6-3)64-73-67(70)61-58-55-52-49-46-43-40-38-35-32-29-26-23-20-17-14-11-8-5-2/h25,27-28,30,42,45,51,54,66H,4-24,26,29,31-41,43-44,46-50,52-53,55-65H2,1-3H3/b28-25-,30-27-,45-42-,54-51-/t66-/m0/s1. The van der Waals surface area contributed by atoms with E-state index in [4.69, 9.17) is 14.2 Å². The zero-order chi connectivity index (χ0) is 54.3. The van der Waals surface area contributed by atoms with Crippen LogP contribution in [0.25, 0.3) is 0 Å². The molecular formula is C69H126O6. The van der Waals surface area contributed by atoms with Crippen LogP contribution in [0.1, 0.15) is 355 Å². The van der Waals surface area contributed by atoms with Crippen molar-refractivity contribution in [3.05, 3.63) is 48.6 Å². The van der Waals surface area contributed by atoms with Crippen LogP contribution >= 0.6 is 0 Å². The Balaban J connectivity index is 4.37. The Bertz CT molecular complexity index is 1300. The van der Waals surface area contributed by atoms with E-state index < -0.39 is 6.10 Å². The summed E-state index contributed by atoms with van der Waals surface area (Å²) in [4.78, 5) is 38.3. The van der Waals surface area contributed by atoms with Crippen LogP contribution in [0.15, 0.2) is 48.6 Å². The van der Waals surface area contributed by atoms with Crippen molar-refractivity contribution in [1.29, 1.82) is 0 Å². The van der Waals surface area contributed by atoms with Crippen LogP contribution in [-0.2, 0) is 28.6 Å². The highest BCUT2D eigenvalue weighted by molar-refractivity contribution is 5.71. The van der Waals surface area contributed by atoms with Crippen molar-refractivity contribution in [3.63, 3.8) is 0 Å². The van der Waals surface area contributed by atoms with Gasteiger partial charge in [-0.1, -0.05) is 307 Å². The molecule has 0 aromatic rings. The van der Waals surface area contributed by atoms with E-state index in [9.17, 15) is 14.4 Å². The molecule has 0 aliphatic rings. The molecule has 0 unspecified atom stereocenters. The first-order valence-electron chi connectivity index (χ1n) is 33.1. The average molecular weight is 1050 g/mol. The Labute approximate surface area is 467 Å². The lowest BCUT2D eigenvalue weighted by atomic mass is 10.0. The molecule has 0 aliphatic carbocycles. The Kier molecular flexibility index (Phi) is 61.7. The van der Waals surface area contributed by atoms with Gasteiger partial charge in [0.15, 0.2) is 6.10 Å². The second-order valence-corrected chi connectivity index (χ2v) is 22.4. The van der Waals surface area contributed by atoms with E-state index in [-0.39, 0.29) is 37.5 Å². The molecule has 0 radical (unpaired) electrons. The minimum Gasteiger partial charge on any atom is -0.462 e. The summed E-state index contributed by atoms with van der Waals surface area (Å²) in [5.41, 5.74) is 0. The summed E-state index contributed by atoms with van der Waals surface area (Å²) in [5, 5.41) is 0. The molecule has 0 fully saturated rings. The quantitative estimate of drug-likeness (QED) is 0.0261. The maximum absolute atomic E-state index is 12.9. The molecule has 0 bridgehead atoms. The normalized spacial score (nSPS) is 12.3. The first-order chi connectivity index (χ1) is 37.0. The molecule has 0 aromatic carbocycles. The second-order valence-electron chi connectivity index (χ2n) is 22.4. The first kappa shape index (κ1) is 72.4. The number of allylic oxidation sites excluding steroid dienone is 8. The van der Waals surface area contributed by atoms with Crippen molar-refractivity contribution in [2.75, 3.05) is 13.2 Å². The zero-order valence-electron chi connectivity index (χ0n) is 50.3. The van der Waals surface area contributed by atoms with Crippen LogP contribution in [0.3, 0.4) is 0 Å². The van der Waals surface area contributed by atoms with E-state index in [1.165, 1.54) is 250 Å². The van der Waals surface area contributed by atoms with E-state index in [1.54, 1.807) is 0 Å². The number of rotatable bonds is 61. The van der Waals surface area contributed by atoms with Gasteiger partial charge >= 0.3 is 17.9 Å². The zero-order valence-corrected chi connectivity index (χ0v) is 50.3. The molecule has 0 aliphatic heterocycles. The van der Waals surface area contributed by atoms with Gasteiger partial charge in [-0.15, -0.1) is 0 Å². The van der Waals surface area contributed by atoms with Gasteiger partial charge < -0.3 is 14.2 Å². The van der Waals surface area contributed by atoms with Crippen molar-refractivity contribution in [3.8, 4) is 0 Å². The van der Waals surface area contributed by atoms with Crippen molar-refractivity contribution in [1.82, 2.24) is 0 Å². The number of hydrogen-bond acceptors (Lipinski definition) is 6. The molecule has 6 nitrogen and oxygen atoms in total. The van der Waals surface area contributed by atoms with Crippen LogP contribution < -0.4 is 0 Å². The Hall–Kier alpha value is -2.63. The van der Waals surface area contributed by atoms with Crippen LogP contribution in [0.4, 0.5) is 0 Å². The lowest BCUT2D eigenvalue weighted by Gasteiger charge is -2.18. The largest absolute Gasteiger partial charge is 0.462 e. The third-order valence-corrected chi connectivity index (χ3v) is 14.8. The third-order valence-electron chi connectivity index (χ3n) is 14.8. The Morgan fingerprint density at radius 1 is 0.267 bits per heavy atom. The molecule has 75 heavy (non-hydrogen) atoms. The summed E-state index contributed by atoms with van der Waals surface area (Å²) in [5.74, 6) is -0.920. The van der Waals surface area contributed by atoms with Crippen LogP contribution in [0, 0.1) is 0 Å². The maximum atomic E-state index is 12.9. The topological polar surface area (TPSA) is 78.9 Å². The Morgan fingerprint density at radius 2 is 0.493 bits per heavy atom. The van der Waals surface area contributed by atoms with Gasteiger partial charge in [0.1, 0.15) is 13.2 Å². The molecular weight excluding hydrogens is 925 g/mol. The lowest BCUT2D eigenvalue weighted by molar-refractivity contribution is -0.167. The van der Waals surface area contributed by atoms with Crippen molar-refractivity contribution < 1.29 is 28.6 Å². The molecule has 0 amide bonds. The summed E-state index contributed by atoms with van der Waals surface area (Å²) in [6, 6.07) is 0. The second kappa shape index (κ2) is 63.9. The molecule has 0 saturated carbocycles. The first-order valence-corrected chi connectivity index (χ1v) is 33.1. The molecule has 0 aromatic heterocycles. The van der Waals surface area contributed by atoms with Gasteiger partial charge in [-0.2, -0.15) is 0 Å². The van der Waals surface area contributed by atoms with Crippen molar-refractivity contribution in [2.24, 2.45) is 0 Å². The van der Waals surface area contributed by atoms with E-state index in [0.717, 1.165) is 57.8 Å². The highest BCUT2D eigenvalue weighted by Gasteiger charge is 2.19. The molecule has 0 heterocycles. The van der Waals surface area contributed by atoms with Gasteiger partial charge in [-0.05, 0) is 77.0 Å². The van der Waals surface area contributed by atoms with Crippen molar-refractivity contribution >= 4 is 17.9 Å². The van der Waals surface area contributed by atoms with Crippen molar-refractivity contribution in [2.45, 2.75) is 361 Å². The summed E-state index contributed by atoms with van der Waals surface area (Å²) < 4.78 is 16.9. The molecule has 0 N–H and O–H groups in total. The predicted molar refractivity (Wildman–Crippen MR) is 325 cm³/mol. The fraction of sp³-hybridized carbons (Fsp3) is 0.841. The number of esters is 3. The van der Waals surface area contributed by atoms with Crippen LogP contribution in [0.2, 0.25) is 0 Å². The van der Waals surface area contributed by atoms with Gasteiger partial charge in [0.25, 0.3) is 0 Å². The maximum Gasteiger partial charge on any atom is 0.306 e. The van der Waals surface area contributed by atoms with Gasteiger partial charge in [0, 0.05) is 19.3 Å². The monoisotopic (exact) mass is 1050 g/mol. The molecule has 0 saturated heterocycles. The van der Waals surface area contributed by atoms with Crippen LogP contribution in [0.5, 0.6) is 0 Å². The molecule has 0 spiro atoms. The summed E-state index contributed by atoms with van der Waals surface area (Å²) in [6.45, 7) is 6.65. The van der Waals surface area contributed by atoms with Gasteiger partial charge in [-0.3, -0.25) is 14.4 Å². The van der Waals surface area contributed by atoms with Gasteiger partial charge in [0.05, 0.1) is 0 Å². The summed E-state index contributed by atoms with van der Waals surface area (Å²) in [7, 11) is 0. The summed E-state index contributed by atoms with van der Waals surface area (Å²) >= 11 is 0. The Morgan fingerprint density at radius 3 is 0.800 bits per heavy atom. The molecule has 6 heteroatoms. The van der Waals surface area contributed by atoms with Gasteiger partial charge in [-0.25, -0.2) is 0 Å². The van der Waals surface area contributed by atoms with E-state index in [0.29, 0.717) is 19.3 Å². The molecule has 1 atom stereocenters. The number of carbonyl (C=O) groups is 3. The van der Waals surface area contributed by atoms with Crippen LogP contribution in [-0.4, -0.2) is 37.2 Å². The van der Waals surface area contributed by atoms with E-state index in [2.05, 4.69) is 69.4 Å². The fourth-order valence-corrected chi connectivity index (χ4v) is 9.81. The SMILES string of the molecule is CCCCCCCC/C=C\C/C=C\C/C=C\CCCC(=O)O[C@H](COC(=O)CCCCCCCCCCCCC/C=C\CCCCCCCC)COC(=O)CCCCCCCCCCCCCCCCCCCCC. The number of hydrogen-bond donors (Lipinski definition) is 0. The minimum absolute atomic E-state index is 0.0891. The lowest BCUT2D eigenvalue weighted by Crippen LogP contribution is -2.30. The predicted octanol–water partition coefficient (Wildman–Crippen LogP) is 22.6. The van der Waals surface area contributed by atoms with E-state index >= 15 is 0 Å². The number of ether oxygens (including phenoxy) is 3. The highest BCUT2D eigenvalue weighted by Crippen LogP contribution is 2.17. The minimum atomic E-state index is -0.799. The fourth-order valence-electron chi connectivity index (χ4n) is 9.81. The highest BCUT2D eigenvalue weighted by atomic mass is 16.6. The molecule has 0 rings (SSSR count). The average Bonchev–Trinajstić information content (AvgIpc) is 3.41. The number of carbonyl (C=O) groups excluding carboxylic acids is 3. The smallest absolute Gasteiger partial charge is 0.306 e. The summed E-state index contributed by atoms with van der Waals surface area (Å²) in [6.07, 6.45) is 79.9.